The van der Waals surface area contributed by atoms with Gasteiger partial charge in [-0.1, -0.05) is 17.7 Å². The Morgan fingerprint density at radius 3 is 2.38 bits per heavy atom. The number of carbonyl (C=O) groups is 2. The van der Waals surface area contributed by atoms with Crippen LogP contribution in [0, 0.1) is 13.8 Å². The molecule has 0 heterocycles. The standard InChI is InChI=1S/C16H22N2O3/c1-10-3-8-14(11(2)9-10)18-16(21)15(20)17-12-4-6-13(19)7-5-12/h3,8-9,12-13,19H,4-7H2,1-2H3,(H,17,20)(H,18,21). The van der Waals surface area contributed by atoms with Gasteiger partial charge >= 0.3 is 11.8 Å². The third-order valence-electron chi connectivity index (χ3n) is 3.87. The van der Waals surface area contributed by atoms with Gasteiger partial charge in [0.25, 0.3) is 0 Å². The van der Waals surface area contributed by atoms with Crippen molar-refractivity contribution in [2.45, 2.75) is 51.7 Å². The van der Waals surface area contributed by atoms with E-state index in [2.05, 4.69) is 10.6 Å². The Balaban J connectivity index is 1.89. The Morgan fingerprint density at radius 1 is 1.10 bits per heavy atom. The molecule has 5 heteroatoms. The Labute approximate surface area is 124 Å². The lowest BCUT2D eigenvalue weighted by Gasteiger charge is -2.25. The molecule has 5 nitrogen and oxygen atoms in total. The monoisotopic (exact) mass is 290 g/mol. The summed E-state index contributed by atoms with van der Waals surface area (Å²) in [6, 6.07) is 5.62. The normalized spacial score (nSPS) is 21.7. The largest absolute Gasteiger partial charge is 0.393 e. The Bertz CT molecular complexity index is 534. The minimum atomic E-state index is -0.645. The zero-order chi connectivity index (χ0) is 15.4. The molecule has 0 aliphatic heterocycles. The lowest BCUT2D eigenvalue weighted by atomic mass is 9.93. The van der Waals surface area contributed by atoms with Crippen LogP contribution < -0.4 is 10.6 Å². The van der Waals surface area contributed by atoms with Crippen LogP contribution in [0.5, 0.6) is 0 Å². The fourth-order valence-corrected chi connectivity index (χ4v) is 2.60. The molecule has 0 unspecified atom stereocenters. The molecule has 0 saturated heterocycles. The van der Waals surface area contributed by atoms with Gasteiger partial charge in [-0.15, -0.1) is 0 Å². The number of carbonyl (C=O) groups excluding carboxylic acids is 2. The van der Waals surface area contributed by atoms with Crippen LogP contribution in [0.3, 0.4) is 0 Å². The summed E-state index contributed by atoms with van der Waals surface area (Å²) in [5.74, 6) is -1.26. The number of amides is 2. The second kappa shape index (κ2) is 6.72. The first-order valence-corrected chi connectivity index (χ1v) is 7.33. The average Bonchev–Trinajstić information content (AvgIpc) is 2.44. The number of aliphatic hydroxyl groups excluding tert-OH is 1. The van der Waals surface area contributed by atoms with Crippen LogP contribution in [0.1, 0.15) is 36.8 Å². The van der Waals surface area contributed by atoms with E-state index in [4.69, 9.17) is 0 Å². The second-order valence-corrected chi connectivity index (χ2v) is 5.75. The van der Waals surface area contributed by atoms with Crippen LogP contribution in [0.25, 0.3) is 0 Å². The molecule has 0 aromatic heterocycles. The minimum Gasteiger partial charge on any atom is -0.393 e. The molecule has 1 aliphatic carbocycles. The Morgan fingerprint density at radius 2 is 1.76 bits per heavy atom. The number of aryl methyl sites for hydroxylation is 2. The predicted octanol–water partition coefficient (Wildman–Crippen LogP) is 1.66. The molecule has 21 heavy (non-hydrogen) atoms. The van der Waals surface area contributed by atoms with Gasteiger partial charge in [-0.3, -0.25) is 9.59 Å². The first kappa shape index (κ1) is 15.5. The summed E-state index contributed by atoms with van der Waals surface area (Å²) < 4.78 is 0. The first-order valence-electron chi connectivity index (χ1n) is 7.33. The van der Waals surface area contributed by atoms with Crippen molar-refractivity contribution in [1.29, 1.82) is 0 Å². The fraction of sp³-hybridized carbons (Fsp3) is 0.500. The molecule has 1 fully saturated rings. The molecule has 3 N–H and O–H groups in total. The Hall–Kier alpha value is -1.88. The van der Waals surface area contributed by atoms with E-state index < -0.39 is 11.8 Å². The fourth-order valence-electron chi connectivity index (χ4n) is 2.60. The minimum absolute atomic E-state index is 0.0224. The van der Waals surface area contributed by atoms with Gasteiger partial charge in [0.1, 0.15) is 0 Å². The van der Waals surface area contributed by atoms with Crippen molar-refractivity contribution in [3.05, 3.63) is 29.3 Å². The summed E-state index contributed by atoms with van der Waals surface area (Å²) in [5.41, 5.74) is 2.69. The summed E-state index contributed by atoms with van der Waals surface area (Å²) in [6.07, 6.45) is 2.49. The highest BCUT2D eigenvalue weighted by molar-refractivity contribution is 6.39. The van der Waals surface area contributed by atoms with E-state index in [1.807, 2.05) is 26.0 Å². The molecule has 1 aromatic rings. The maximum Gasteiger partial charge on any atom is 0.313 e. The van der Waals surface area contributed by atoms with Gasteiger partial charge in [-0.05, 0) is 51.2 Å². The van der Waals surface area contributed by atoms with E-state index in [9.17, 15) is 14.7 Å². The van der Waals surface area contributed by atoms with Gasteiger partial charge in [0, 0.05) is 11.7 Å². The third kappa shape index (κ3) is 4.29. The summed E-state index contributed by atoms with van der Waals surface area (Å²) in [6.45, 7) is 3.87. The molecular weight excluding hydrogens is 268 g/mol. The molecule has 2 rings (SSSR count). The van der Waals surface area contributed by atoms with Crippen LogP contribution in [0.4, 0.5) is 5.69 Å². The zero-order valence-electron chi connectivity index (χ0n) is 12.5. The molecule has 0 spiro atoms. The lowest BCUT2D eigenvalue weighted by molar-refractivity contribution is -0.136. The van der Waals surface area contributed by atoms with Crippen molar-refractivity contribution in [2.75, 3.05) is 5.32 Å². The molecule has 1 aliphatic rings. The number of rotatable bonds is 2. The highest BCUT2D eigenvalue weighted by atomic mass is 16.3. The summed E-state index contributed by atoms with van der Waals surface area (Å²) in [7, 11) is 0. The van der Waals surface area contributed by atoms with Gasteiger partial charge in [-0.25, -0.2) is 0 Å². The molecule has 0 bridgehead atoms. The number of aliphatic hydroxyl groups is 1. The summed E-state index contributed by atoms with van der Waals surface area (Å²) in [4.78, 5) is 23.8. The number of hydrogen-bond donors (Lipinski definition) is 3. The summed E-state index contributed by atoms with van der Waals surface area (Å²) >= 11 is 0. The van der Waals surface area contributed by atoms with Crippen LogP contribution in [-0.2, 0) is 9.59 Å². The first-order chi connectivity index (χ1) is 9.95. The van der Waals surface area contributed by atoms with Crippen LogP contribution in [-0.4, -0.2) is 29.1 Å². The van der Waals surface area contributed by atoms with Gasteiger partial charge in [0.05, 0.1) is 6.10 Å². The van der Waals surface area contributed by atoms with Crippen LogP contribution >= 0.6 is 0 Å². The average molecular weight is 290 g/mol. The van der Waals surface area contributed by atoms with E-state index in [1.54, 1.807) is 6.07 Å². The Kier molecular flexibility index (Phi) is 4.96. The van der Waals surface area contributed by atoms with E-state index >= 15 is 0 Å². The van der Waals surface area contributed by atoms with Crippen LogP contribution in [0.15, 0.2) is 18.2 Å². The molecule has 114 valence electrons. The quantitative estimate of drug-likeness (QED) is 0.725. The second-order valence-electron chi connectivity index (χ2n) is 5.75. The van der Waals surface area contributed by atoms with Gasteiger partial charge in [-0.2, -0.15) is 0 Å². The molecule has 0 atom stereocenters. The SMILES string of the molecule is Cc1ccc(NC(=O)C(=O)NC2CCC(O)CC2)c(C)c1. The van der Waals surface area contributed by atoms with E-state index in [1.165, 1.54) is 0 Å². The summed E-state index contributed by atoms with van der Waals surface area (Å²) in [5, 5.41) is 14.8. The van der Waals surface area contributed by atoms with Gasteiger partial charge in [0.15, 0.2) is 0 Å². The lowest BCUT2D eigenvalue weighted by Crippen LogP contribution is -2.43. The number of hydrogen-bond acceptors (Lipinski definition) is 3. The zero-order valence-corrected chi connectivity index (χ0v) is 12.5. The van der Waals surface area contributed by atoms with Crippen molar-refractivity contribution in [3.8, 4) is 0 Å². The molecule has 1 saturated carbocycles. The van der Waals surface area contributed by atoms with Crippen molar-refractivity contribution in [1.82, 2.24) is 5.32 Å². The van der Waals surface area contributed by atoms with Crippen molar-refractivity contribution < 1.29 is 14.7 Å². The highest BCUT2D eigenvalue weighted by Crippen LogP contribution is 2.19. The molecule has 0 radical (unpaired) electrons. The van der Waals surface area contributed by atoms with Crippen molar-refractivity contribution in [2.24, 2.45) is 0 Å². The molecule has 2 amide bonds. The number of nitrogens with one attached hydrogen (secondary N) is 2. The van der Waals surface area contributed by atoms with Gasteiger partial charge < -0.3 is 15.7 Å². The number of anilines is 1. The highest BCUT2D eigenvalue weighted by Gasteiger charge is 2.23. The third-order valence-corrected chi connectivity index (χ3v) is 3.87. The predicted molar refractivity (Wildman–Crippen MR) is 81.0 cm³/mol. The van der Waals surface area contributed by atoms with Crippen molar-refractivity contribution in [3.63, 3.8) is 0 Å². The smallest absolute Gasteiger partial charge is 0.313 e. The molecular formula is C16H22N2O3. The van der Waals surface area contributed by atoms with Crippen molar-refractivity contribution >= 4 is 17.5 Å². The topological polar surface area (TPSA) is 78.4 Å². The van der Waals surface area contributed by atoms with E-state index in [0.717, 1.165) is 11.1 Å². The maximum absolute atomic E-state index is 11.9. The molecule has 1 aromatic carbocycles. The maximum atomic E-state index is 11.9. The van der Waals surface area contributed by atoms with Crippen LogP contribution in [0.2, 0.25) is 0 Å². The number of benzene rings is 1. The van der Waals surface area contributed by atoms with E-state index in [0.29, 0.717) is 31.4 Å². The van der Waals surface area contributed by atoms with E-state index in [-0.39, 0.29) is 12.1 Å². The van der Waals surface area contributed by atoms with Gasteiger partial charge in [0.2, 0.25) is 0 Å².